The van der Waals surface area contributed by atoms with E-state index >= 15 is 0 Å². The number of hydrogen-bond donors (Lipinski definition) is 0. The number of rotatable bonds is 5. The normalized spacial score (nSPS) is 37.4. The van der Waals surface area contributed by atoms with Gasteiger partial charge in [0.05, 0.1) is 0 Å². The SMILES string of the molecule is C=CCCC(CC)C12CCCC1CC2. The summed E-state index contributed by atoms with van der Waals surface area (Å²) in [6.07, 6.45) is 13.8. The Hall–Kier alpha value is -0.260. The van der Waals surface area contributed by atoms with Crippen LogP contribution in [0.4, 0.5) is 0 Å². The second-order valence-electron chi connectivity index (χ2n) is 5.33. The van der Waals surface area contributed by atoms with E-state index in [2.05, 4.69) is 19.6 Å². The summed E-state index contributed by atoms with van der Waals surface area (Å²) >= 11 is 0. The van der Waals surface area contributed by atoms with Gasteiger partial charge in [-0.25, -0.2) is 0 Å². The van der Waals surface area contributed by atoms with Crippen LogP contribution in [0.25, 0.3) is 0 Å². The molecule has 0 nitrogen and oxygen atoms in total. The third kappa shape index (κ3) is 1.43. The van der Waals surface area contributed by atoms with Crippen molar-refractivity contribution in [3.8, 4) is 0 Å². The van der Waals surface area contributed by atoms with Crippen LogP contribution in [0.2, 0.25) is 0 Å². The molecular formula is C14H24. The lowest BCUT2D eigenvalue weighted by Crippen LogP contribution is -2.42. The molecule has 0 aromatic heterocycles. The minimum Gasteiger partial charge on any atom is -0.103 e. The highest BCUT2D eigenvalue weighted by atomic mass is 14.6. The van der Waals surface area contributed by atoms with Gasteiger partial charge < -0.3 is 0 Å². The summed E-state index contributed by atoms with van der Waals surface area (Å²) < 4.78 is 0. The van der Waals surface area contributed by atoms with Crippen LogP contribution in [0.15, 0.2) is 12.7 Å². The Balaban J connectivity index is 1.99. The highest BCUT2D eigenvalue weighted by molar-refractivity contribution is 5.03. The van der Waals surface area contributed by atoms with Gasteiger partial charge in [-0.2, -0.15) is 0 Å². The summed E-state index contributed by atoms with van der Waals surface area (Å²) in [5, 5.41) is 0. The summed E-state index contributed by atoms with van der Waals surface area (Å²) in [4.78, 5) is 0. The van der Waals surface area contributed by atoms with Gasteiger partial charge in [0, 0.05) is 0 Å². The Labute approximate surface area is 88.8 Å². The van der Waals surface area contributed by atoms with Gasteiger partial charge in [-0.15, -0.1) is 6.58 Å². The van der Waals surface area contributed by atoms with Crippen LogP contribution in [0.1, 0.15) is 58.3 Å². The Kier molecular flexibility index (Phi) is 2.99. The summed E-state index contributed by atoms with van der Waals surface area (Å²) in [6.45, 7) is 6.24. The number of allylic oxidation sites excluding steroid dienone is 1. The molecule has 14 heavy (non-hydrogen) atoms. The molecule has 2 aliphatic carbocycles. The smallest absolute Gasteiger partial charge is 0.0241 e. The van der Waals surface area contributed by atoms with E-state index in [9.17, 15) is 0 Å². The van der Waals surface area contributed by atoms with Crippen molar-refractivity contribution in [2.45, 2.75) is 58.3 Å². The monoisotopic (exact) mass is 192 g/mol. The van der Waals surface area contributed by atoms with Crippen LogP contribution in [0, 0.1) is 17.3 Å². The summed E-state index contributed by atoms with van der Waals surface area (Å²) in [5.74, 6) is 2.11. The van der Waals surface area contributed by atoms with Gasteiger partial charge in [-0.1, -0.05) is 25.8 Å². The fourth-order valence-corrected chi connectivity index (χ4v) is 4.12. The van der Waals surface area contributed by atoms with Crippen LogP contribution < -0.4 is 0 Å². The fraction of sp³-hybridized carbons (Fsp3) is 0.857. The van der Waals surface area contributed by atoms with E-state index in [0.717, 1.165) is 17.3 Å². The van der Waals surface area contributed by atoms with E-state index in [0.29, 0.717) is 0 Å². The summed E-state index contributed by atoms with van der Waals surface area (Å²) in [7, 11) is 0. The molecule has 0 saturated heterocycles. The van der Waals surface area contributed by atoms with Gasteiger partial charge in [0.15, 0.2) is 0 Å². The van der Waals surface area contributed by atoms with Crippen LogP contribution in [0.3, 0.4) is 0 Å². The second kappa shape index (κ2) is 4.08. The first-order valence-corrected chi connectivity index (χ1v) is 6.44. The molecule has 0 bridgehead atoms. The zero-order valence-electron chi connectivity index (χ0n) is 9.60. The average Bonchev–Trinajstić information content (AvgIpc) is 2.46. The zero-order valence-corrected chi connectivity index (χ0v) is 9.60. The maximum absolute atomic E-state index is 3.85. The van der Waals surface area contributed by atoms with Crippen molar-refractivity contribution in [2.24, 2.45) is 17.3 Å². The molecule has 2 aliphatic rings. The molecule has 2 fully saturated rings. The quantitative estimate of drug-likeness (QED) is 0.560. The minimum absolute atomic E-state index is 0.803. The molecule has 0 aromatic rings. The molecule has 0 heterocycles. The lowest BCUT2D eigenvalue weighted by atomic mass is 9.54. The first kappa shape index (κ1) is 10.3. The molecule has 2 saturated carbocycles. The van der Waals surface area contributed by atoms with E-state index < -0.39 is 0 Å². The molecule has 0 N–H and O–H groups in total. The van der Waals surface area contributed by atoms with Crippen molar-refractivity contribution in [2.75, 3.05) is 0 Å². The van der Waals surface area contributed by atoms with Gasteiger partial charge in [0.25, 0.3) is 0 Å². The molecule has 3 unspecified atom stereocenters. The van der Waals surface area contributed by atoms with Crippen molar-refractivity contribution < 1.29 is 0 Å². The Bertz CT molecular complexity index is 206. The third-order valence-corrected chi connectivity index (χ3v) is 4.99. The summed E-state index contributed by atoms with van der Waals surface area (Å²) in [6, 6.07) is 0. The van der Waals surface area contributed by atoms with Crippen LogP contribution in [0.5, 0.6) is 0 Å². The standard InChI is InChI=1S/C14H24/c1-3-5-7-12(4-2)14-10-6-8-13(14)9-11-14/h3,12-13H,1,4-11H2,2H3. The Morgan fingerprint density at radius 3 is 2.79 bits per heavy atom. The highest BCUT2D eigenvalue weighted by Gasteiger charge is 2.52. The van der Waals surface area contributed by atoms with Gasteiger partial charge in [0.1, 0.15) is 0 Å². The topological polar surface area (TPSA) is 0 Å². The van der Waals surface area contributed by atoms with E-state index in [-0.39, 0.29) is 0 Å². The lowest BCUT2D eigenvalue weighted by molar-refractivity contribution is -0.0100. The maximum atomic E-state index is 3.85. The van der Waals surface area contributed by atoms with Crippen molar-refractivity contribution in [3.05, 3.63) is 12.7 Å². The Morgan fingerprint density at radius 1 is 1.43 bits per heavy atom. The first-order chi connectivity index (χ1) is 6.83. The highest BCUT2D eigenvalue weighted by Crippen LogP contribution is 2.63. The molecule has 0 amide bonds. The van der Waals surface area contributed by atoms with Crippen molar-refractivity contribution >= 4 is 0 Å². The molecule has 3 atom stereocenters. The van der Waals surface area contributed by atoms with Crippen molar-refractivity contribution in [3.63, 3.8) is 0 Å². The number of hydrogen-bond acceptors (Lipinski definition) is 0. The van der Waals surface area contributed by atoms with E-state index in [1.54, 1.807) is 0 Å². The second-order valence-corrected chi connectivity index (χ2v) is 5.33. The van der Waals surface area contributed by atoms with Crippen molar-refractivity contribution in [1.82, 2.24) is 0 Å². The van der Waals surface area contributed by atoms with E-state index in [1.165, 1.54) is 51.4 Å². The third-order valence-electron chi connectivity index (χ3n) is 4.99. The fourth-order valence-electron chi connectivity index (χ4n) is 4.12. The molecular weight excluding hydrogens is 168 g/mol. The van der Waals surface area contributed by atoms with E-state index in [1.807, 2.05) is 0 Å². The predicted molar refractivity (Wildman–Crippen MR) is 62.2 cm³/mol. The minimum atomic E-state index is 0.803. The molecule has 0 aliphatic heterocycles. The van der Waals surface area contributed by atoms with Crippen LogP contribution in [-0.2, 0) is 0 Å². The van der Waals surface area contributed by atoms with Gasteiger partial charge >= 0.3 is 0 Å². The Morgan fingerprint density at radius 2 is 2.29 bits per heavy atom. The average molecular weight is 192 g/mol. The zero-order chi connectivity index (χ0) is 10.0. The molecule has 2 rings (SSSR count). The van der Waals surface area contributed by atoms with E-state index in [4.69, 9.17) is 0 Å². The lowest BCUT2D eigenvalue weighted by Gasteiger charge is -2.51. The molecule has 0 spiro atoms. The van der Waals surface area contributed by atoms with Gasteiger partial charge in [0.2, 0.25) is 0 Å². The molecule has 0 aromatic carbocycles. The van der Waals surface area contributed by atoms with Gasteiger partial charge in [-0.05, 0) is 55.8 Å². The molecule has 0 radical (unpaired) electrons. The van der Waals surface area contributed by atoms with Crippen molar-refractivity contribution in [1.29, 1.82) is 0 Å². The largest absolute Gasteiger partial charge is 0.103 e. The summed E-state index contributed by atoms with van der Waals surface area (Å²) in [5.41, 5.74) is 0.803. The van der Waals surface area contributed by atoms with Gasteiger partial charge in [-0.3, -0.25) is 0 Å². The van der Waals surface area contributed by atoms with Crippen LogP contribution in [-0.4, -0.2) is 0 Å². The molecule has 0 heteroatoms. The maximum Gasteiger partial charge on any atom is -0.0241 e. The van der Waals surface area contributed by atoms with Crippen LogP contribution >= 0.6 is 0 Å². The predicted octanol–water partition coefficient (Wildman–Crippen LogP) is 4.56. The first-order valence-electron chi connectivity index (χ1n) is 6.44. The molecule has 80 valence electrons. The number of fused-ring (bicyclic) bond motifs is 1.